The number of aromatic nitrogens is 4. The first-order valence-electron chi connectivity index (χ1n) is 7.74. The minimum absolute atomic E-state index is 0.649. The summed E-state index contributed by atoms with van der Waals surface area (Å²) in [5.74, 6) is 1.68. The third-order valence-corrected chi connectivity index (χ3v) is 6.22. The van der Waals surface area contributed by atoms with Gasteiger partial charge < -0.3 is 5.73 Å². The number of hydrogen-bond acceptors (Lipinski definition) is 5. The maximum absolute atomic E-state index is 6.21. The topological polar surface area (TPSA) is 70.7 Å². The Morgan fingerprint density at radius 2 is 2.04 bits per heavy atom. The molecule has 0 bridgehead atoms. The summed E-state index contributed by atoms with van der Waals surface area (Å²) < 4.78 is 2.82. The van der Waals surface area contributed by atoms with Crippen molar-refractivity contribution >= 4 is 51.3 Å². The number of aryl methyl sites for hydroxylation is 1. The highest BCUT2D eigenvalue weighted by Gasteiger charge is 2.12. The van der Waals surface area contributed by atoms with E-state index in [0.717, 1.165) is 52.2 Å². The van der Waals surface area contributed by atoms with Crippen LogP contribution in [0.4, 0.5) is 0 Å². The number of benzene rings is 1. The van der Waals surface area contributed by atoms with Crippen LogP contribution in [-0.4, -0.2) is 26.4 Å². The third kappa shape index (κ3) is 4.40. The van der Waals surface area contributed by atoms with E-state index in [2.05, 4.69) is 21.0 Å². The molecule has 2 heterocycles. The Kier molecular flexibility index (Phi) is 6.35. The van der Waals surface area contributed by atoms with Gasteiger partial charge in [0.1, 0.15) is 0 Å². The Labute approximate surface area is 158 Å². The van der Waals surface area contributed by atoms with Gasteiger partial charge in [-0.2, -0.15) is 4.52 Å². The molecule has 0 aliphatic heterocycles. The van der Waals surface area contributed by atoms with Crippen molar-refractivity contribution in [2.45, 2.75) is 35.8 Å². The maximum atomic E-state index is 6.21. The van der Waals surface area contributed by atoms with Gasteiger partial charge in [0.15, 0.2) is 10.2 Å². The molecule has 0 saturated carbocycles. The van der Waals surface area contributed by atoms with Crippen molar-refractivity contribution < 1.29 is 5.73 Å². The molecule has 0 saturated heterocycles. The maximum Gasteiger partial charge on any atom is 0.235 e. The molecule has 0 radical (unpaired) electrons. The second kappa shape index (κ2) is 8.49. The molecule has 0 atom stereocenters. The zero-order valence-electron chi connectivity index (χ0n) is 13.0. The predicted octanol–water partition coefficient (Wildman–Crippen LogP) is 3.74. The van der Waals surface area contributed by atoms with E-state index in [1.807, 2.05) is 16.6 Å². The molecular weight excluding hydrogens is 385 g/mol. The van der Waals surface area contributed by atoms with E-state index >= 15 is 0 Å². The van der Waals surface area contributed by atoms with Gasteiger partial charge in [0.2, 0.25) is 4.96 Å². The van der Waals surface area contributed by atoms with Gasteiger partial charge in [0.25, 0.3) is 0 Å². The molecular formula is C15H18Cl2N5S2+. The van der Waals surface area contributed by atoms with Crippen LogP contribution in [-0.2, 0) is 12.2 Å². The molecule has 9 heteroatoms. The van der Waals surface area contributed by atoms with Crippen molar-refractivity contribution in [3.63, 3.8) is 0 Å². The lowest BCUT2D eigenvalue weighted by Crippen LogP contribution is -2.50. The highest BCUT2D eigenvalue weighted by molar-refractivity contribution is 8.00. The smallest absolute Gasteiger partial charge is 0.235 e. The monoisotopic (exact) mass is 402 g/mol. The van der Waals surface area contributed by atoms with Crippen LogP contribution in [0.5, 0.6) is 0 Å². The minimum Gasteiger partial charge on any atom is -0.358 e. The van der Waals surface area contributed by atoms with Crippen LogP contribution in [0.15, 0.2) is 22.5 Å². The van der Waals surface area contributed by atoms with Gasteiger partial charge in [-0.3, -0.25) is 0 Å². The van der Waals surface area contributed by atoms with Crippen LogP contribution in [0.2, 0.25) is 10.0 Å². The normalized spacial score (nSPS) is 11.5. The number of nitrogens with zero attached hydrogens (tertiary/aromatic N) is 4. The fraction of sp³-hybridized carbons (Fsp3) is 0.400. The highest BCUT2D eigenvalue weighted by atomic mass is 35.5. The van der Waals surface area contributed by atoms with Crippen molar-refractivity contribution in [2.75, 3.05) is 6.54 Å². The molecule has 0 amide bonds. The fourth-order valence-corrected chi connectivity index (χ4v) is 4.72. The zero-order chi connectivity index (χ0) is 16.9. The largest absolute Gasteiger partial charge is 0.358 e. The van der Waals surface area contributed by atoms with E-state index < -0.39 is 0 Å². The molecule has 0 unspecified atom stereocenters. The van der Waals surface area contributed by atoms with E-state index in [9.17, 15) is 0 Å². The summed E-state index contributed by atoms with van der Waals surface area (Å²) in [6, 6.07) is 5.57. The predicted molar refractivity (Wildman–Crippen MR) is 100.0 cm³/mol. The second-order valence-corrected chi connectivity index (χ2v) is 8.39. The average Bonchev–Trinajstić information content (AvgIpc) is 3.12. The number of halogens is 2. The molecule has 24 heavy (non-hydrogen) atoms. The standard InChI is InChI=1S/C15H17Cl2N5S2/c16-11-6-5-10(12(17)8-11)9-23-15-21-22-13(4-2-1-3-7-18)19-20-14(22)24-15/h5-6,8H,1-4,7,9,18H2/p+1. The number of unbranched alkanes of at least 4 members (excludes halogenated alkanes) is 2. The molecule has 5 nitrogen and oxygen atoms in total. The van der Waals surface area contributed by atoms with E-state index in [0.29, 0.717) is 10.0 Å². The number of fused-ring (bicyclic) bond motifs is 1. The molecule has 3 rings (SSSR count). The lowest BCUT2D eigenvalue weighted by atomic mass is 10.2. The molecule has 128 valence electrons. The summed E-state index contributed by atoms with van der Waals surface area (Å²) in [5.41, 5.74) is 4.91. The van der Waals surface area contributed by atoms with E-state index in [-0.39, 0.29) is 0 Å². The summed E-state index contributed by atoms with van der Waals surface area (Å²) in [7, 11) is 0. The SMILES string of the molecule is [NH3+]CCCCCc1nnc2sc(SCc3ccc(Cl)cc3Cl)nn12. The summed E-state index contributed by atoms with van der Waals surface area (Å²) in [6.45, 7) is 0.986. The fourth-order valence-electron chi connectivity index (χ4n) is 2.27. The molecule has 0 aliphatic rings. The van der Waals surface area contributed by atoms with Crippen molar-refractivity contribution in [1.82, 2.24) is 19.8 Å². The van der Waals surface area contributed by atoms with Gasteiger partial charge in [-0.15, -0.1) is 15.3 Å². The van der Waals surface area contributed by atoms with E-state index in [1.54, 1.807) is 29.2 Å². The molecule has 0 spiro atoms. The Bertz CT molecular complexity index is 817. The lowest BCUT2D eigenvalue weighted by molar-refractivity contribution is -0.368. The van der Waals surface area contributed by atoms with Crippen molar-refractivity contribution in [1.29, 1.82) is 0 Å². The van der Waals surface area contributed by atoms with Gasteiger partial charge in [0, 0.05) is 22.2 Å². The van der Waals surface area contributed by atoms with Crippen LogP contribution in [0.3, 0.4) is 0 Å². The lowest BCUT2D eigenvalue weighted by Gasteiger charge is -2.02. The van der Waals surface area contributed by atoms with Gasteiger partial charge >= 0.3 is 0 Å². The number of hydrogen-bond donors (Lipinski definition) is 1. The molecule has 3 N–H and O–H groups in total. The van der Waals surface area contributed by atoms with Crippen LogP contribution in [0.25, 0.3) is 4.96 Å². The molecule has 0 aliphatic carbocycles. The second-order valence-electron chi connectivity index (χ2n) is 5.37. The van der Waals surface area contributed by atoms with Crippen LogP contribution < -0.4 is 5.73 Å². The summed E-state index contributed by atoms with van der Waals surface area (Å²) in [6.07, 6.45) is 4.32. The molecule has 3 aromatic rings. The zero-order valence-corrected chi connectivity index (χ0v) is 16.2. The van der Waals surface area contributed by atoms with Crippen molar-refractivity contribution in [2.24, 2.45) is 0 Å². The first kappa shape index (κ1) is 17.9. The number of thioether (sulfide) groups is 1. The highest BCUT2D eigenvalue weighted by Crippen LogP contribution is 2.31. The van der Waals surface area contributed by atoms with Crippen LogP contribution in [0, 0.1) is 0 Å². The Hall–Kier alpha value is -0.860. The summed E-state index contributed by atoms with van der Waals surface area (Å²) in [4.78, 5) is 0.840. The van der Waals surface area contributed by atoms with Crippen LogP contribution >= 0.6 is 46.3 Å². The molecule has 2 aromatic heterocycles. The van der Waals surface area contributed by atoms with Crippen molar-refractivity contribution in [3.05, 3.63) is 39.6 Å². The van der Waals surface area contributed by atoms with Gasteiger partial charge in [-0.1, -0.05) is 52.4 Å². The molecule has 1 aromatic carbocycles. The first-order valence-corrected chi connectivity index (χ1v) is 10.3. The quantitative estimate of drug-likeness (QED) is 0.460. The van der Waals surface area contributed by atoms with E-state index in [4.69, 9.17) is 23.2 Å². The molecule has 0 fully saturated rings. The Morgan fingerprint density at radius 3 is 2.83 bits per heavy atom. The third-order valence-electron chi connectivity index (χ3n) is 3.55. The average molecular weight is 403 g/mol. The van der Waals surface area contributed by atoms with E-state index in [1.165, 1.54) is 6.42 Å². The van der Waals surface area contributed by atoms with Crippen molar-refractivity contribution in [3.8, 4) is 0 Å². The Balaban J connectivity index is 1.64. The minimum atomic E-state index is 0.649. The van der Waals surface area contributed by atoms with Gasteiger partial charge in [0.05, 0.1) is 6.54 Å². The Morgan fingerprint density at radius 1 is 1.17 bits per heavy atom. The first-order chi connectivity index (χ1) is 11.7. The van der Waals surface area contributed by atoms with Gasteiger partial charge in [-0.05, 0) is 37.0 Å². The number of rotatable bonds is 8. The summed E-state index contributed by atoms with van der Waals surface area (Å²) in [5, 5.41) is 14.4. The van der Waals surface area contributed by atoms with Gasteiger partial charge in [-0.25, -0.2) is 0 Å². The van der Waals surface area contributed by atoms with Crippen LogP contribution in [0.1, 0.15) is 30.7 Å². The number of quaternary nitrogens is 1. The summed E-state index contributed by atoms with van der Waals surface area (Å²) >= 11 is 15.3.